The molecule has 2 aliphatic rings. The SMILES string of the molecule is Cc1ccsc1C(=O)n1nc(Nc2ccc(S(=O)(=O)N3CCN(Cc4cccc(NC5CCC(=O)NC5=O)c4)CC3)cc2)nc1N. The number of piperazine rings is 1. The van der Waals surface area contributed by atoms with Crippen molar-refractivity contribution in [1.82, 2.24) is 29.3 Å². The zero-order valence-electron chi connectivity index (χ0n) is 25.0. The van der Waals surface area contributed by atoms with Gasteiger partial charge in [0.1, 0.15) is 6.04 Å². The van der Waals surface area contributed by atoms with Crippen molar-refractivity contribution in [2.75, 3.05) is 42.5 Å². The fourth-order valence-corrected chi connectivity index (χ4v) is 7.65. The number of carbonyl (C=O) groups is 3. The van der Waals surface area contributed by atoms with Crippen LogP contribution in [0.1, 0.15) is 33.6 Å². The number of carbonyl (C=O) groups excluding carboxylic acids is 3. The molecule has 2 aromatic heterocycles. The first-order chi connectivity index (χ1) is 22.1. The Morgan fingerprint density at radius 2 is 1.83 bits per heavy atom. The number of nitrogens with two attached hydrogens (primary N) is 1. The second-order valence-electron chi connectivity index (χ2n) is 11.1. The van der Waals surface area contributed by atoms with E-state index in [1.54, 1.807) is 12.1 Å². The third-order valence-corrected chi connectivity index (χ3v) is 10.8. The van der Waals surface area contributed by atoms with E-state index in [-0.39, 0.29) is 34.5 Å². The lowest BCUT2D eigenvalue weighted by molar-refractivity contribution is -0.133. The van der Waals surface area contributed by atoms with Crippen molar-refractivity contribution in [3.63, 3.8) is 0 Å². The maximum Gasteiger partial charge on any atom is 0.291 e. The van der Waals surface area contributed by atoms with E-state index in [1.807, 2.05) is 42.6 Å². The van der Waals surface area contributed by atoms with Gasteiger partial charge < -0.3 is 16.4 Å². The molecule has 1 atom stereocenters. The van der Waals surface area contributed by atoms with Gasteiger partial charge >= 0.3 is 0 Å². The molecule has 0 saturated carbocycles. The molecule has 4 heterocycles. The van der Waals surface area contributed by atoms with E-state index >= 15 is 0 Å². The highest BCUT2D eigenvalue weighted by Crippen LogP contribution is 2.24. The Morgan fingerprint density at radius 1 is 1.07 bits per heavy atom. The number of rotatable bonds is 9. The van der Waals surface area contributed by atoms with Crippen LogP contribution in [0.2, 0.25) is 0 Å². The first-order valence-corrected chi connectivity index (χ1v) is 17.0. The number of sulfonamides is 1. The summed E-state index contributed by atoms with van der Waals surface area (Å²) in [6.45, 7) is 4.26. The summed E-state index contributed by atoms with van der Waals surface area (Å²) in [5.41, 5.74) is 9.12. The number of aryl methyl sites for hydroxylation is 1. The topological polar surface area (TPSA) is 185 Å². The van der Waals surface area contributed by atoms with Crippen LogP contribution in [0.5, 0.6) is 0 Å². The van der Waals surface area contributed by atoms with Gasteiger partial charge in [0.25, 0.3) is 5.91 Å². The fourth-order valence-electron chi connectivity index (χ4n) is 5.38. The Balaban J connectivity index is 1.03. The van der Waals surface area contributed by atoms with Crippen LogP contribution < -0.4 is 21.7 Å². The second kappa shape index (κ2) is 13.0. The molecule has 240 valence electrons. The Morgan fingerprint density at radius 3 is 2.52 bits per heavy atom. The summed E-state index contributed by atoms with van der Waals surface area (Å²) in [7, 11) is -3.72. The number of thiophene rings is 1. The number of nitrogens with one attached hydrogen (secondary N) is 3. The lowest BCUT2D eigenvalue weighted by atomic mass is 10.1. The van der Waals surface area contributed by atoms with Gasteiger partial charge in [-0.2, -0.15) is 14.0 Å². The summed E-state index contributed by atoms with van der Waals surface area (Å²) < 4.78 is 29.3. The minimum Gasteiger partial charge on any atom is -0.374 e. The van der Waals surface area contributed by atoms with Crippen LogP contribution in [-0.4, -0.2) is 82.3 Å². The van der Waals surface area contributed by atoms with Gasteiger partial charge in [0.15, 0.2) is 0 Å². The van der Waals surface area contributed by atoms with Crippen LogP contribution in [0, 0.1) is 6.92 Å². The Hall–Kier alpha value is -4.64. The van der Waals surface area contributed by atoms with Gasteiger partial charge in [-0.05, 0) is 72.3 Å². The summed E-state index contributed by atoms with van der Waals surface area (Å²) in [5.74, 6) is -0.895. The zero-order valence-corrected chi connectivity index (χ0v) is 26.6. The van der Waals surface area contributed by atoms with Gasteiger partial charge in [-0.25, -0.2) is 8.42 Å². The number of piperidine rings is 1. The molecule has 0 radical (unpaired) electrons. The molecule has 16 heteroatoms. The smallest absolute Gasteiger partial charge is 0.291 e. The third kappa shape index (κ3) is 6.79. The first-order valence-electron chi connectivity index (χ1n) is 14.7. The Kier molecular flexibility index (Phi) is 8.86. The number of nitrogens with zero attached hydrogens (tertiary/aromatic N) is 5. The fraction of sp³-hybridized carbons (Fsp3) is 0.300. The van der Waals surface area contributed by atoms with Gasteiger partial charge in [0, 0.05) is 50.5 Å². The van der Waals surface area contributed by atoms with Crippen molar-refractivity contribution < 1.29 is 22.8 Å². The molecule has 1 unspecified atom stereocenters. The number of anilines is 4. The summed E-state index contributed by atoms with van der Waals surface area (Å²) in [5, 5.41) is 14.5. The molecule has 2 saturated heterocycles. The van der Waals surface area contributed by atoms with Crippen molar-refractivity contribution >= 4 is 62.4 Å². The second-order valence-corrected chi connectivity index (χ2v) is 14.0. The Bertz CT molecular complexity index is 1880. The zero-order chi connectivity index (χ0) is 32.4. The number of hydrogen-bond acceptors (Lipinski definition) is 12. The molecule has 2 amide bonds. The average molecular weight is 664 g/mol. The summed E-state index contributed by atoms with van der Waals surface area (Å²) in [6, 6.07) is 15.4. The molecule has 14 nitrogen and oxygen atoms in total. The molecule has 0 aliphatic carbocycles. The van der Waals surface area contributed by atoms with Crippen molar-refractivity contribution in [3.8, 4) is 0 Å². The number of benzene rings is 2. The molecule has 0 bridgehead atoms. The van der Waals surface area contributed by atoms with Crippen LogP contribution in [0.25, 0.3) is 0 Å². The van der Waals surface area contributed by atoms with Crippen LogP contribution in [0.15, 0.2) is 64.9 Å². The minimum atomic E-state index is -3.72. The molecule has 4 aromatic rings. The maximum atomic E-state index is 13.4. The predicted octanol–water partition coefficient (Wildman–Crippen LogP) is 2.39. The quantitative estimate of drug-likeness (QED) is 0.193. The molecule has 0 spiro atoms. The number of amides is 2. The lowest BCUT2D eigenvalue weighted by Gasteiger charge is -2.34. The molecular weight excluding hydrogens is 631 g/mol. The minimum absolute atomic E-state index is 0.0600. The van der Waals surface area contributed by atoms with Gasteiger partial charge in [0.05, 0.1) is 9.77 Å². The molecule has 2 fully saturated rings. The highest BCUT2D eigenvalue weighted by Gasteiger charge is 2.29. The highest BCUT2D eigenvalue weighted by molar-refractivity contribution is 7.89. The molecule has 2 aromatic carbocycles. The molecule has 2 aliphatic heterocycles. The van der Waals surface area contributed by atoms with Crippen molar-refractivity contribution in [3.05, 3.63) is 76.0 Å². The number of imide groups is 1. The predicted molar refractivity (Wildman–Crippen MR) is 173 cm³/mol. The summed E-state index contributed by atoms with van der Waals surface area (Å²) >= 11 is 1.30. The Labute approximate surface area is 269 Å². The van der Waals surface area contributed by atoms with E-state index in [2.05, 4.69) is 30.9 Å². The van der Waals surface area contributed by atoms with E-state index in [0.717, 1.165) is 21.5 Å². The van der Waals surface area contributed by atoms with Gasteiger partial charge in [-0.3, -0.25) is 24.6 Å². The summed E-state index contributed by atoms with van der Waals surface area (Å²) in [4.78, 5) is 43.3. The molecule has 5 N–H and O–H groups in total. The first kappa shape index (κ1) is 31.3. The molecule has 46 heavy (non-hydrogen) atoms. The number of aromatic nitrogens is 3. The average Bonchev–Trinajstić information content (AvgIpc) is 3.63. The van der Waals surface area contributed by atoms with Gasteiger partial charge in [0.2, 0.25) is 33.7 Å². The normalized spacial score (nSPS) is 17.9. The van der Waals surface area contributed by atoms with Crippen LogP contribution >= 0.6 is 11.3 Å². The van der Waals surface area contributed by atoms with Crippen molar-refractivity contribution in [2.45, 2.75) is 37.2 Å². The highest BCUT2D eigenvalue weighted by atomic mass is 32.2. The number of hydrogen-bond donors (Lipinski definition) is 4. The van der Waals surface area contributed by atoms with E-state index < -0.39 is 16.1 Å². The lowest BCUT2D eigenvalue weighted by Crippen LogP contribution is -2.48. The van der Waals surface area contributed by atoms with E-state index in [4.69, 9.17) is 5.73 Å². The van der Waals surface area contributed by atoms with Gasteiger partial charge in [-0.15, -0.1) is 16.4 Å². The number of nitrogen functional groups attached to an aromatic ring is 1. The summed E-state index contributed by atoms with van der Waals surface area (Å²) in [6.07, 6.45) is 0.747. The van der Waals surface area contributed by atoms with E-state index in [9.17, 15) is 22.8 Å². The third-order valence-electron chi connectivity index (χ3n) is 7.87. The monoisotopic (exact) mass is 663 g/mol. The van der Waals surface area contributed by atoms with Crippen LogP contribution in [-0.2, 0) is 26.2 Å². The van der Waals surface area contributed by atoms with Crippen molar-refractivity contribution in [1.29, 1.82) is 0 Å². The van der Waals surface area contributed by atoms with Crippen molar-refractivity contribution in [2.24, 2.45) is 0 Å². The molecular formula is C30H33N9O5S2. The van der Waals surface area contributed by atoms with Crippen LogP contribution in [0.4, 0.5) is 23.3 Å². The van der Waals surface area contributed by atoms with Crippen LogP contribution in [0.3, 0.4) is 0 Å². The molecule has 6 rings (SSSR count). The van der Waals surface area contributed by atoms with E-state index in [0.29, 0.717) is 56.1 Å². The van der Waals surface area contributed by atoms with Gasteiger partial charge in [-0.1, -0.05) is 12.1 Å². The largest absolute Gasteiger partial charge is 0.374 e. The van der Waals surface area contributed by atoms with E-state index in [1.165, 1.54) is 27.8 Å². The standard InChI is InChI=1S/C30H33N9O5S2/c1-19-11-16-45-26(19)28(42)39-29(31)35-30(36-39)33-21-5-7-23(8-6-21)46(43,44)38-14-12-37(13-15-38)18-20-3-2-4-22(17-20)32-24-9-10-25(40)34-27(24)41/h2-8,11,16-17,24,32H,9-10,12-15,18H2,1H3,(H,34,40,41)(H3,31,33,35,36). The maximum absolute atomic E-state index is 13.4.